The molecular formula is C14H29NO. The Morgan fingerprint density at radius 2 is 2.00 bits per heavy atom. The Hall–Kier alpha value is -0.0800. The van der Waals surface area contributed by atoms with Gasteiger partial charge < -0.3 is 9.64 Å². The molecule has 0 aromatic heterocycles. The van der Waals surface area contributed by atoms with E-state index in [0.29, 0.717) is 6.10 Å². The minimum atomic E-state index is 0.552. The molecule has 1 aliphatic carbocycles. The Bertz CT molecular complexity index is 176. The fraction of sp³-hybridized carbons (Fsp3) is 1.00. The monoisotopic (exact) mass is 227 g/mol. The van der Waals surface area contributed by atoms with Crippen LogP contribution in [0.3, 0.4) is 0 Å². The summed E-state index contributed by atoms with van der Waals surface area (Å²) >= 11 is 0. The zero-order valence-corrected chi connectivity index (χ0v) is 11.5. The molecule has 0 aromatic rings. The van der Waals surface area contributed by atoms with Crippen LogP contribution in [0.25, 0.3) is 0 Å². The maximum Gasteiger partial charge on any atom is 0.0605 e. The van der Waals surface area contributed by atoms with E-state index in [-0.39, 0.29) is 0 Å². The van der Waals surface area contributed by atoms with E-state index >= 15 is 0 Å². The first-order valence-electron chi connectivity index (χ1n) is 6.95. The predicted molar refractivity (Wildman–Crippen MR) is 69.8 cm³/mol. The van der Waals surface area contributed by atoms with E-state index in [4.69, 9.17) is 4.74 Å². The molecule has 0 saturated heterocycles. The van der Waals surface area contributed by atoms with Gasteiger partial charge in [0.1, 0.15) is 0 Å². The van der Waals surface area contributed by atoms with Gasteiger partial charge in [0.15, 0.2) is 0 Å². The molecule has 1 saturated carbocycles. The van der Waals surface area contributed by atoms with E-state index in [1.165, 1.54) is 38.6 Å². The molecule has 2 heteroatoms. The summed E-state index contributed by atoms with van der Waals surface area (Å²) in [7, 11) is 2.24. The lowest BCUT2D eigenvalue weighted by Crippen LogP contribution is -2.46. The van der Waals surface area contributed by atoms with E-state index in [9.17, 15) is 0 Å². The first-order chi connectivity index (χ1) is 7.63. The minimum Gasteiger partial charge on any atom is -0.378 e. The fourth-order valence-corrected chi connectivity index (χ4v) is 2.31. The Morgan fingerprint density at radius 1 is 1.31 bits per heavy atom. The van der Waals surface area contributed by atoms with Crippen LogP contribution in [-0.4, -0.2) is 37.2 Å². The summed E-state index contributed by atoms with van der Waals surface area (Å²) < 4.78 is 5.86. The Balaban J connectivity index is 1.95. The number of ether oxygens (including phenoxy) is 1. The zero-order valence-electron chi connectivity index (χ0n) is 11.5. The van der Waals surface area contributed by atoms with Gasteiger partial charge in [0.2, 0.25) is 0 Å². The number of rotatable bonds is 8. The molecule has 0 amide bonds. The van der Waals surface area contributed by atoms with Gasteiger partial charge in [-0.3, -0.25) is 0 Å². The van der Waals surface area contributed by atoms with Crippen LogP contribution in [0.4, 0.5) is 0 Å². The van der Waals surface area contributed by atoms with E-state index in [1.807, 2.05) is 0 Å². The van der Waals surface area contributed by atoms with Gasteiger partial charge in [-0.2, -0.15) is 0 Å². The molecule has 1 aliphatic rings. The molecule has 0 aromatic carbocycles. The maximum absolute atomic E-state index is 5.86. The minimum absolute atomic E-state index is 0.552. The normalized spacial score (nSPS) is 25.1. The van der Waals surface area contributed by atoms with Crippen molar-refractivity contribution in [2.75, 3.05) is 20.2 Å². The average Bonchev–Trinajstić information content (AvgIpc) is 2.14. The Labute approximate surface area is 101 Å². The molecular weight excluding hydrogens is 198 g/mol. The first kappa shape index (κ1) is 14.0. The van der Waals surface area contributed by atoms with Gasteiger partial charge in [0.25, 0.3) is 0 Å². The van der Waals surface area contributed by atoms with Gasteiger partial charge >= 0.3 is 0 Å². The van der Waals surface area contributed by atoms with Crippen molar-refractivity contribution in [3.8, 4) is 0 Å². The van der Waals surface area contributed by atoms with Gasteiger partial charge in [-0.1, -0.05) is 20.8 Å². The molecule has 0 unspecified atom stereocenters. The van der Waals surface area contributed by atoms with Crippen LogP contribution in [0.5, 0.6) is 0 Å². The molecule has 96 valence electrons. The first-order valence-corrected chi connectivity index (χ1v) is 6.95. The van der Waals surface area contributed by atoms with Crippen LogP contribution in [0.15, 0.2) is 0 Å². The fourth-order valence-electron chi connectivity index (χ4n) is 2.31. The molecule has 0 aliphatic heterocycles. The molecule has 0 N–H and O–H groups in total. The summed E-state index contributed by atoms with van der Waals surface area (Å²) in [5, 5.41) is 0. The molecule has 0 atom stereocenters. The van der Waals surface area contributed by atoms with Gasteiger partial charge in [-0.05, 0) is 51.6 Å². The highest BCUT2D eigenvalue weighted by Gasteiger charge is 2.31. The van der Waals surface area contributed by atoms with Crippen LogP contribution >= 0.6 is 0 Å². The molecule has 2 nitrogen and oxygen atoms in total. The van der Waals surface area contributed by atoms with Crippen LogP contribution in [0.1, 0.15) is 52.9 Å². The number of nitrogens with zero attached hydrogens (tertiary/aromatic N) is 1. The summed E-state index contributed by atoms with van der Waals surface area (Å²) in [5.41, 5.74) is 0. The van der Waals surface area contributed by atoms with Crippen molar-refractivity contribution < 1.29 is 4.74 Å². The highest BCUT2D eigenvalue weighted by atomic mass is 16.5. The molecule has 1 rings (SSSR count). The molecule has 1 fully saturated rings. The SMILES string of the molecule is CCCN(C)C1CC(OCCCC(C)C)C1. The van der Waals surface area contributed by atoms with Crippen LogP contribution in [0, 0.1) is 5.92 Å². The third-order valence-corrected chi connectivity index (χ3v) is 3.55. The van der Waals surface area contributed by atoms with E-state index in [1.54, 1.807) is 0 Å². The summed E-state index contributed by atoms with van der Waals surface area (Å²) in [6.45, 7) is 8.99. The highest BCUT2D eigenvalue weighted by molar-refractivity contribution is 4.86. The number of hydrogen-bond donors (Lipinski definition) is 0. The van der Waals surface area contributed by atoms with Gasteiger partial charge in [-0.15, -0.1) is 0 Å². The lowest BCUT2D eigenvalue weighted by Gasteiger charge is -2.41. The summed E-state index contributed by atoms with van der Waals surface area (Å²) in [6, 6.07) is 0.787. The second-order valence-electron chi connectivity index (χ2n) is 5.63. The third kappa shape index (κ3) is 4.84. The van der Waals surface area contributed by atoms with Crippen molar-refractivity contribution >= 4 is 0 Å². The van der Waals surface area contributed by atoms with Gasteiger partial charge in [-0.25, -0.2) is 0 Å². The van der Waals surface area contributed by atoms with Crippen molar-refractivity contribution in [2.24, 2.45) is 5.92 Å². The summed E-state index contributed by atoms with van der Waals surface area (Å²) in [4.78, 5) is 2.48. The van der Waals surface area contributed by atoms with Crippen molar-refractivity contribution in [3.63, 3.8) is 0 Å². The Kier molecular flexibility index (Phi) is 6.37. The van der Waals surface area contributed by atoms with Crippen LogP contribution in [0.2, 0.25) is 0 Å². The third-order valence-electron chi connectivity index (χ3n) is 3.55. The van der Waals surface area contributed by atoms with E-state index in [0.717, 1.165) is 18.6 Å². The lowest BCUT2D eigenvalue weighted by atomic mass is 9.88. The predicted octanol–water partition coefficient (Wildman–Crippen LogP) is 3.31. The van der Waals surface area contributed by atoms with Crippen molar-refractivity contribution in [1.82, 2.24) is 4.90 Å². The molecule has 0 bridgehead atoms. The van der Waals surface area contributed by atoms with Gasteiger partial charge in [0, 0.05) is 12.6 Å². The second-order valence-corrected chi connectivity index (χ2v) is 5.63. The highest BCUT2D eigenvalue weighted by Crippen LogP contribution is 2.27. The van der Waals surface area contributed by atoms with Crippen molar-refractivity contribution in [3.05, 3.63) is 0 Å². The Morgan fingerprint density at radius 3 is 2.56 bits per heavy atom. The largest absolute Gasteiger partial charge is 0.378 e. The quantitative estimate of drug-likeness (QED) is 0.590. The topological polar surface area (TPSA) is 12.5 Å². The molecule has 0 spiro atoms. The standard InChI is InChI=1S/C14H29NO/c1-5-8-15(4)13-10-14(11-13)16-9-6-7-12(2)3/h12-14H,5-11H2,1-4H3. The van der Waals surface area contributed by atoms with Crippen LogP contribution < -0.4 is 0 Å². The van der Waals surface area contributed by atoms with E-state index in [2.05, 4.69) is 32.7 Å². The van der Waals surface area contributed by atoms with Gasteiger partial charge in [0.05, 0.1) is 6.10 Å². The lowest BCUT2D eigenvalue weighted by molar-refractivity contribution is -0.0465. The smallest absolute Gasteiger partial charge is 0.0605 e. The average molecular weight is 227 g/mol. The number of hydrogen-bond acceptors (Lipinski definition) is 2. The maximum atomic E-state index is 5.86. The van der Waals surface area contributed by atoms with Crippen LogP contribution in [-0.2, 0) is 4.74 Å². The molecule has 16 heavy (non-hydrogen) atoms. The second kappa shape index (κ2) is 7.29. The van der Waals surface area contributed by atoms with Crippen molar-refractivity contribution in [1.29, 1.82) is 0 Å². The summed E-state index contributed by atoms with van der Waals surface area (Å²) in [5.74, 6) is 0.813. The zero-order chi connectivity index (χ0) is 12.0. The molecule has 0 heterocycles. The molecule has 0 radical (unpaired) electrons. The van der Waals surface area contributed by atoms with Crippen molar-refractivity contribution in [2.45, 2.75) is 65.0 Å². The van der Waals surface area contributed by atoms with E-state index < -0.39 is 0 Å². The summed E-state index contributed by atoms with van der Waals surface area (Å²) in [6.07, 6.45) is 6.83.